The number of likely N-dealkylation sites (N-methyl/N-ethyl adjacent to an activating group) is 1. The van der Waals surface area contributed by atoms with Crippen LogP contribution in [0.4, 0.5) is 13.2 Å². The molecule has 1 aliphatic heterocycles. The van der Waals surface area contributed by atoms with Crippen molar-refractivity contribution in [1.82, 2.24) is 10.2 Å². The molecule has 0 saturated heterocycles. The van der Waals surface area contributed by atoms with Crippen molar-refractivity contribution < 1.29 is 55.0 Å². The number of benzene rings is 4. The molecule has 1 aliphatic rings. The van der Waals surface area contributed by atoms with E-state index in [2.05, 4.69) is 24.4 Å². The van der Waals surface area contributed by atoms with Crippen LogP contribution in [0.5, 0.6) is 11.5 Å². The number of nitrogens with one attached hydrogen (secondary N) is 1. The second-order valence-electron chi connectivity index (χ2n) is 17.4. The van der Waals surface area contributed by atoms with Gasteiger partial charge in [-0.25, -0.2) is 8.42 Å². The first-order valence-corrected chi connectivity index (χ1v) is 24.7. The van der Waals surface area contributed by atoms with Gasteiger partial charge in [-0.2, -0.15) is 13.2 Å². The van der Waals surface area contributed by atoms with Gasteiger partial charge in [-0.3, -0.25) is 24.0 Å². The predicted octanol–water partition coefficient (Wildman–Crippen LogP) is 6.31. The molecule has 18 heteroatoms. The second-order valence-corrected chi connectivity index (χ2v) is 19.3. The molecule has 0 fully saturated rings. The highest BCUT2D eigenvalue weighted by Crippen LogP contribution is 2.41. The van der Waals surface area contributed by atoms with E-state index in [1.807, 2.05) is 24.3 Å². The highest BCUT2D eigenvalue weighted by molar-refractivity contribution is 7.92. The van der Waals surface area contributed by atoms with Gasteiger partial charge in [0.2, 0.25) is 11.8 Å². The number of ketones is 3. The van der Waals surface area contributed by atoms with E-state index in [0.717, 1.165) is 30.4 Å². The summed E-state index contributed by atoms with van der Waals surface area (Å²) in [7, 11) is -4.52. The molecule has 5 rings (SSSR count). The molecule has 4 bridgehead atoms. The lowest BCUT2D eigenvalue weighted by Crippen LogP contribution is -2.48. The lowest BCUT2D eigenvalue weighted by Gasteiger charge is -2.32. The van der Waals surface area contributed by atoms with Crippen molar-refractivity contribution in [2.75, 3.05) is 45.6 Å². The number of fused-ring (bicyclic) bond motifs is 5. The van der Waals surface area contributed by atoms with Gasteiger partial charge in [0.1, 0.15) is 36.5 Å². The zero-order valence-electron chi connectivity index (χ0n) is 39.2. The van der Waals surface area contributed by atoms with Crippen molar-refractivity contribution in [2.45, 2.75) is 82.8 Å². The molecule has 4 aromatic rings. The van der Waals surface area contributed by atoms with E-state index in [4.69, 9.17) is 26.7 Å². The molecule has 14 nitrogen and oxygen atoms in total. The fourth-order valence-corrected chi connectivity index (χ4v) is 9.00. The third kappa shape index (κ3) is 14.1. The van der Waals surface area contributed by atoms with Gasteiger partial charge in [0, 0.05) is 61.5 Å². The number of hydrogen-bond donors (Lipinski definition) is 4. The Balaban J connectivity index is 1.56. The molecule has 372 valence electrons. The summed E-state index contributed by atoms with van der Waals surface area (Å²) in [6.45, 7) is 4.02. The normalized spacial score (nSPS) is 17.0. The molecule has 0 spiro atoms. The Labute approximate surface area is 401 Å². The van der Waals surface area contributed by atoms with Crippen LogP contribution in [-0.4, -0.2) is 99.7 Å². The molecule has 69 heavy (non-hydrogen) atoms. The third-order valence-corrected chi connectivity index (χ3v) is 13.4. The van der Waals surface area contributed by atoms with Gasteiger partial charge in [0.25, 0.3) is 9.84 Å². The van der Waals surface area contributed by atoms with Crippen molar-refractivity contribution in [3.63, 3.8) is 0 Å². The Hall–Kier alpha value is -5.95. The lowest BCUT2D eigenvalue weighted by atomic mass is 9.88. The van der Waals surface area contributed by atoms with E-state index < -0.39 is 81.2 Å². The fraction of sp³-hybridized carbons (Fsp3) is 0.431. The molecule has 0 aliphatic carbocycles. The van der Waals surface area contributed by atoms with Gasteiger partial charge in [-0.1, -0.05) is 80.9 Å². The molecular weight excluding hydrogens is 916 g/mol. The summed E-state index contributed by atoms with van der Waals surface area (Å²) >= 11 is 0. The van der Waals surface area contributed by atoms with E-state index in [1.54, 1.807) is 30.3 Å². The maximum atomic E-state index is 14.8. The minimum absolute atomic E-state index is 0.0355. The van der Waals surface area contributed by atoms with E-state index >= 15 is 0 Å². The summed E-state index contributed by atoms with van der Waals surface area (Å²) < 4.78 is 76.9. The summed E-state index contributed by atoms with van der Waals surface area (Å²) in [6, 6.07) is 21.6. The average Bonchev–Trinajstić information content (AvgIpc) is 3.32. The fourth-order valence-electron chi connectivity index (χ4n) is 8.26. The van der Waals surface area contributed by atoms with Crippen LogP contribution >= 0.6 is 0 Å². The number of nitrogens with zero attached hydrogens (tertiary/aromatic N) is 1. The van der Waals surface area contributed by atoms with Gasteiger partial charge < -0.3 is 36.9 Å². The number of sulfone groups is 1. The molecule has 4 atom stereocenters. The van der Waals surface area contributed by atoms with E-state index in [-0.39, 0.29) is 68.5 Å². The molecule has 4 aromatic carbocycles. The van der Waals surface area contributed by atoms with Crippen molar-refractivity contribution in [1.29, 1.82) is 0 Å². The van der Waals surface area contributed by atoms with Gasteiger partial charge in [0.15, 0.2) is 17.3 Å². The van der Waals surface area contributed by atoms with E-state index in [0.29, 0.717) is 28.7 Å². The summed E-state index contributed by atoms with van der Waals surface area (Å²) in [5.74, 6) is -7.45. The van der Waals surface area contributed by atoms with Crippen LogP contribution < -0.4 is 32.0 Å². The number of Topliss-reactive ketones (excluding diaryl/α,β-unsaturated/α-hetero) is 3. The van der Waals surface area contributed by atoms with E-state index in [1.165, 1.54) is 42.6 Å². The zero-order valence-corrected chi connectivity index (χ0v) is 40.0. The van der Waals surface area contributed by atoms with Crippen LogP contribution in [0.3, 0.4) is 0 Å². The van der Waals surface area contributed by atoms with E-state index in [9.17, 15) is 45.6 Å². The number of amides is 2. The summed E-state index contributed by atoms with van der Waals surface area (Å²) in [6.07, 6.45) is 2.59. The van der Waals surface area contributed by atoms with Crippen molar-refractivity contribution in [2.24, 2.45) is 29.0 Å². The average molecular weight is 978 g/mol. The number of ether oxygens (including phenoxy) is 2. The number of rotatable bonds is 21. The summed E-state index contributed by atoms with van der Waals surface area (Å²) in [5, 5.41) is 2.40. The highest BCUT2D eigenvalue weighted by atomic mass is 32.2. The second kappa shape index (κ2) is 24.6. The van der Waals surface area contributed by atoms with Gasteiger partial charge >= 0.3 is 5.51 Å². The molecular formula is C51H62F3N5O9S. The van der Waals surface area contributed by atoms with Crippen molar-refractivity contribution in [3.8, 4) is 33.8 Å². The van der Waals surface area contributed by atoms with Gasteiger partial charge in [-0.05, 0) is 90.7 Å². The number of alkyl halides is 3. The van der Waals surface area contributed by atoms with Crippen LogP contribution in [0.25, 0.3) is 22.3 Å². The minimum atomic E-state index is -5.94. The number of aryl methyl sites for hydroxylation is 1. The molecule has 2 amide bonds. The molecule has 1 heterocycles. The Bertz CT molecular complexity index is 2560. The molecule has 7 N–H and O–H groups in total. The largest absolute Gasteiger partial charge is 0.497 e. The zero-order chi connectivity index (χ0) is 50.5. The quantitative estimate of drug-likeness (QED) is 0.0674. The first kappa shape index (κ1) is 54.0. The first-order chi connectivity index (χ1) is 32.8. The number of nitrogens with two attached hydrogens (primary N) is 3. The first-order valence-electron chi connectivity index (χ1n) is 23.1. The van der Waals surface area contributed by atoms with Crippen LogP contribution in [0.15, 0.2) is 84.9 Å². The van der Waals surface area contributed by atoms with Crippen LogP contribution in [-0.2, 0) is 41.9 Å². The molecule has 0 unspecified atom stereocenters. The highest BCUT2D eigenvalue weighted by Gasteiger charge is 2.47. The minimum Gasteiger partial charge on any atom is -0.492 e. The molecule has 0 aromatic heterocycles. The van der Waals surface area contributed by atoms with Gasteiger partial charge in [0.05, 0.1) is 6.04 Å². The predicted molar refractivity (Wildman–Crippen MR) is 257 cm³/mol. The van der Waals surface area contributed by atoms with Crippen LogP contribution in [0.1, 0.15) is 85.5 Å². The molecule has 0 radical (unpaired) electrons. The molecule has 0 saturated carbocycles. The summed E-state index contributed by atoms with van der Waals surface area (Å²) in [5.41, 5.74) is 16.5. The number of carbonyl (C=O) groups excluding carboxylic acids is 5. The van der Waals surface area contributed by atoms with Crippen molar-refractivity contribution >= 4 is 39.0 Å². The monoisotopic (exact) mass is 977 g/mol. The smallest absolute Gasteiger partial charge is 0.492 e. The Kier molecular flexibility index (Phi) is 19.2. The van der Waals surface area contributed by atoms with Crippen LogP contribution in [0, 0.1) is 11.8 Å². The standard InChI is InChI=1S/C51H62F3N5O9S/c1-4-5-7-33-9-12-35(13-10-33)36-14-16-37(17-15-36)43(60)30-39(8-6-21-55)50(64)59(3)48-38-18-20-47(68-25-23-57)41(29-38)40-27-34(11-19-46(40)67-24-22-56)28-42(58-49(63)32(2)26-44(48)61)45(62)31-69(65,66)51(52,53)54/h9-20,27,29,32,39,42,48H,4-8,21-26,28,30-31,55-57H2,1-3H3,(H,58,63)/t32-,39-,42+,48+/m1/s1. The topological polar surface area (TPSA) is 231 Å². The Morgan fingerprint density at radius 3 is 1.99 bits per heavy atom. The SMILES string of the molecule is CCCCc1ccc(-c2ccc(C(=O)C[C@@H](CCCN)C(=O)N(C)[C@@H]3C(=O)C[C@@H](C)C(=O)N[C@H](C(=O)CS(=O)(=O)C(F)(F)F)Cc4ccc(OCCN)c(c4)-c4cc3ccc4OCCN)cc2)cc1. The maximum Gasteiger partial charge on any atom is 0.497 e. The third-order valence-electron chi connectivity index (χ3n) is 12.1. The number of carbonyl (C=O) groups is 5. The summed E-state index contributed by atoms with van der Waals surface area (Å²) in [4.78, 5) is 72.0. The Morgan fingerprint density at radius 2 is 1.41 bits per heavy atom. The van der Waals surface area contributed by atoms with Gasteiger partial charge in [-0.15, -0.1) is 0 Å². The van der Waals surface area contributed by atoms with Crippen molar-refractivity contribution in [3.05, 3.63) is 107 Å². The maximum absolute atomic E-state index is 14.8. The number of unbranched alkanes of at least 4 members (excludes halogenated alkanes) is 1. The lowest BCUT2D eigenvalue weighted by molar-refractivity contribution is -0.142. The Morgan fingerprint density at radius 1 is 0.812 bits per heavy atom. The number of halogens is 3. The number of hydrogen-bond acceptors (Lipinski definition) is 12. The van der Waals surface area contributed by atoms with Crippen LogP contribution in [0.2, 0.25) is 0 Å².